The molecule has 0 rings (SSSR count). The molecular weight excluding hydrogens is 225 g/mol. The van der Waals surface area contributed by atoms with Gasteiger partial charge in [0.2, 0.25) is 0 Å². The van der Waals surface area contributed by atoms with Gasteiger partial charge in [-0.15, -0.1) is 0 Å². The molecule has 0 saturated carbocycles. The van der Waals surface area contributed by atoms with E-state index >= 15 is 0 Å². The first kappa shape index (κ1) is 18.4. The van der Waals surface area contributed by atoms with Crippen LogP contribution in [0.3, 0.4) is 0 Å². The average molecular weight is 234 g/mol. The first-order chi connectivity index (χ1) is 3.71. The Kier molecular flexibility index (Phi) is 10.1. The lowest BCUT2D eigenvalue weighted by Gasteiger charge is -2.03. The molecule has 0 radical (unpaired) electrons. The maximum absolute atomic E-state index is 9.63. The lowest BCUT2D eigenvalue weighted by molar-refractivity contribution is 0.225. The predicted octanol–water partition coefficient (Wildman–Crippen LogP) is -2.91. The Bertz CT molecular complexity index is 157. The van der Waals surface area contributed by atoms with Crippen molar-refractivity contribution in [3.8, 4) is 0 Å². The van der Waals surface area contributed by atoms with Crippen molar-refractivity contribution in [3.05, 3.63) is 0 Å². The van der Waals surface area contributed by atoms with E-state index in [0.29, 0.717) is 0 Å². The minimum atomic E-state index is -5.05. The van der Waals surface area contributed by atoms with E-state index in [4.69, 9.17) is 19.6 Å². The third kappa shape index (κ3) is 18.5. The molecule has 0 saturated heterocycles. The van der Waals surface area contributed by atoms with Crippen molar-refractivity contribution in [2.75, 3.05) is 0 Å². The highest BCUT2D eigenvalue weighted by Gasteiger charge is 2.27. The third-order valence-corrected chi connectivity index (χ3v) is 1.91. The molecule has 0 fully saturated rings. The summed E-state index contributed by atoms with van der Waals surface area (Å²) in [5, 5.41) is 0. The van der Waals surface area contributed by atoms with Gasteiger partial charge in [0.25, 0.3) is 0 Å². The summed E-state index contributed by atoms with van der Waals surface area (Å²) in [4.78, 5) is 31.0. The average Bonchev–Trinajstić information content (AvgIpc) is 1.14. The summed E-state index contributed by atoms with van der Waals surface area (Å²) in [6, 6.07) is 0. The van der Waals surface area contributed by atoms with Gasteiger partial charge < -0.3 is 19.6 Å². The summed E-state index contributed by atoms with van der Waals surface area (Å²) in [5.41, 5.74) is 0. The monoisotopic (exact) mass is 234 g/mol. The zero-order chi connectivity index (χ0) is 7.71. The first-order valence-electron chi connectivity index (χ1n) is 1.53. The van der Waals surface area contributed by atoms with E-state index in [-0.39, 0.29) is 40.4 Å². The van der Waals surface area contributed by atoms with Gasteiger partial charge in [0, 0.05) is 0 Å². The highest BCUT2D eigenvalue weighted by Crippen LogP contribution is 2.53. The topological polar surface area (TPSA) is 124 Å². The largest absolute Gasteiger partial charge is 0.478 e. The van der Waals surface area contributed by atoms with Crippen molar-refractivity contribution in [2.45, 2.75) is 0 Å². The molecule has 0 aliphatic rings. The molecule has 0 amide bonds. The molecule has 11 heteroatoms. The minimum absolute atomic E-state index is 0. The van der Waals surface area contributed by atoms with Gasteiger partial charge in [0.05, 0.1) is 0 Å². The van der Waals surface area contributed by atoms with E-state index < -0.39 is 15.6 Å². The van der Waals surface area contributed by atoms with Crippen LogP contribution in [0, 0.1) is 0 Å². The molecule has 4 N–H and O–H groups in total. The summed E-state index contributed by atoms with van der Waals surface area (Å²) < 4.78 is 22.2. The molecule has 11 heavy (non-hydrogen) atoms. The Labute approximate surface area is 88.9 Å². The molecule has 0 bridgehead atoms. The normalized spacial score (nSPS) is 11.3. The number of hydrogen-bond acceptors (Lipinski definition) is 3. The van der Waals surface area contributed by atoms with E-state index in [2.05, 4.69) is 4.31 Å². The number of phosphoric acid groups is 2. The predicted molar refractivity (Wildman–Crippen MR) is 43.7 cm³/mol. The Morgan fingerprint density at radius 3 is 1.09 bits per heavy atom. The van der Waals surface area contributed by atoms with Crippen LogP contribution < -0.4 is 0 Å². The van der Waals surface area contributed by atoms with Crippen molar-refractivity contribution in [3.63, 3.8) is 0 Å². The fourth-order valence-electron chi connectivity index (χ4n) is 0.139. The molecular formula is H9AlMgO7P2. The van der Waals surface area contributed by atoms with Gasteiger partial charge in [0.15, 0.2) is 17.4 Å². The molecule has 0 spiro atoms. The van der Waals surface area contributed by atoms with Gasteiger partial charge in [-0.1, -0.05) is 0 Å². The van der Waals surface area contributed by atoms with Crippen molar-refractivity contribution in [1.82, 2.24) is 0 Å². The SMILES string of the molecule is O=P(O)(O)OP(=O)(O)O.[AlH3].[MgH2]. The fourth-order valence-corrected chi connectivity index (χ4v) is 1.25. The van der Waals surface area contributed by atoms with Crippen LogP contribution in [-0.2, 0) is 13.4 Å². The minimum Gasteiger partial charge on any atom is -0.302 e. The van der Waals surface area contributed by atoms with Crippen LogP contribution in [0.5, 0.6) is 0 Å². The molecule has 0 unspecified atom stereocenters. The van der Waals surface area contributed by atoms with Crippen LogP contribution >= 0.6 is 15.6 Å². The second kappa shape index (κ2) is 6.08. The van der Waals surface area contributed by atoms with Crippen LogP contribution in [0.4, 0.5) is 0 Å². The van der Waals surface area contributed by atoms with Gasteiger partial charge in [-0.05, 0) is 0 Å². The Morgan fingerprint density at radius 2 is 1.09 bits per heavy atom. The highest BCUT2D eigenvalue weighted by molar-refractivity contribution is 7.60. The lowest BCUT2D eigenvalue weighted by Crippen LogP contribution is -1.84. The summed E-state index contributed by atoms with van der Waals surface area (Å²) >= 11 is 0. The molecule has 0 aromatic rings. The van der Waals surface area contributed by atoms with E-state index in [1.807, 2.05) is 0 Å². The van der Waals surface area contributed by atoms with Crippen LogP contribution in [0.25, 0.3) is 0 Å². The summed E-state index contributed by atoms with van der Waals surface area (Å²) in [6.07, 6.45) is 0. The van der Waals surface area contributed by atoms with E-state index in [1.54, 1.807) is 0 Å². The molecule has 0 aliphatic heterocycles. The molecule has 0 atom stereocenters. The molecule has 0 aromatic carbocycles. The zero-order valence-electron chi connectivity index (χ0n) is 3.91. The number of hydrogen-bond donors (Lipinski definition) is 4. The summed E-state index contributed by atoms with van der Waals surface area (Å²) in [6.45, 7) is 0. The van der Waals surface area contributed by atoms with Crippen molar-refractivity contribution >= 4 is 56.1 Å². The Hall–Kier alpha value is 1.56. The van der Waals surface area contributed by atoms with Crippen LogP contribution in [0.15, 0.2) is 0 Å². The van der Waals surface area contributed by atoms with Crippen molar-refractivity contribution in [1.29, 1.82) is 0 Å². The molecule has 66 valence electrons. The van der Waals surface area contributed by atoms with E-state index in [1.165, 1.54) is 0 Å². The van der Waals surface area contributed by atoms with Gasteiger partial charge in [-0.2, -0.15) is 4.31 Å². The molecule has 0 aromatic heterocycles. The van der Waals surface area contributed by atoms with Crippen molar-refractivity contribution < 1.29 is 33.0 Å². The van der Waals surface area contributed by atoms with E-state index in [9.17, 15) is 9.13 Å². The van der Waals surface area contributed by atoms with Gasteiger partial charge in [0.1, 0.15) is 0 Å². The molecule has 0 heterocycles. The quantitative estimate of drug-likeness (QED) is 0.298. The highest BCUT2D eigenvalue weighted by atomic mass is 31.3. The second-order valence-corrected chi connectivity index (χ2v) is 3.68. The zero-order valence-corrected chi connectivity index (χ0v) is 5.70. The van der Waals surface area contributed by atoms with Crippen molar-refractivity contribution in [2.24, 2.45) is 0 Å². The van der Waals surface area contributed by atoms with Crippen LogP contribution in [-0.4, -0.2) is 60.0 Å². The first-order valence-corrected chi connectivity index (χ1v) is 4.59. The smallest absolute Gasteiger partial charge is 0.302 e. The standard InChI is InChI=1S/Al.Mg.H4O7P2.5H/c;;1-8(2,3)7-9(4,5)6;;;;;/h;;(H2,1,2,3)(H2,4,5,6);;;;;. The van der Waals surface area contributed by atoms with Gasteiger partial charge in [-0.3, -0.25) is 0 Å². The van der Waals surface area contributed by atoms with Crippen LogP contribution in [0.1, 0.15) is 0 Å². The Balaban J connectivity index is -0.000000320. The second-order valence-electron chi connectivity index (χ2n) is 1.06. The van der Waals surface area contributed by atoms with Crippen LogP contribution in [0.2, 0.25) is 0 Å². The van der Waals surface area contributed by atoms with E-state index in [0.717, 1.165) is 0 Å². The third-order valence-electron chi connectivity index (χ3n) is 0.213. The molecule has 0 aliphatic carbocycles. The van der Waals surface area contributed by atoms with Gasteiger partial charge >= 0.3 is 38.7 Å². The molecule has 7 nitrogen and oxygen atoms in total. The lowest BCUT2D eigenvalue weighted by atomic mass is 15.7. The maximum atomic E-state index is 9.63. The summed E-state index contributed by atoms with van der Waals surface area (Å²) in [7, 11) is -10.1. The maximum Gasteiger partial charge on any atom is 0.478 e. The van der Waals surface area contributed by atoms with Gasteiger partial charge in [-0.25, -0.2) is 9.13 Å². The summed E-state index contributed by atoms with van der Waals surface area (Å²) in [5.74, 6) is 0. The number of rotatable bonds is 2. The fraction of sp³-hybridized carbons (Fsp3) is 0. The Morgan fingerprint density at radius 1 is 0.909 bits per heavy atom.